The highest BCUT2D eigenvalue weighted by Gasteiger charge is 2.56. The molecule has 1 fully saturated rings. The van der Waals surface area contributed by atoms with E-state index in [2.05, 4.69) is 10.6 Å². The Kier molecular flexibility index (Phi) is 3.50. The van der Waals surface area contributed by atoms with E-state index < -0.39 is 4.33 Å². The van der Waals surface area contributed by atoms with E-state index in [9.17, 15) is 9.59 Å². The van der Waals surface area contributed by atoms with Crippen molar-refractivity contribution >= 4 is 40.7 Å². The van der Waals surface area contributed by atoms with Crippen LogP contribution in [0, 0.1) is 5.92 Å². The van der Waals surface area contributed by atoms with Crippen LogP contribution in [-0.2, 0) is 4.79 Å². The van der Waals surface area contributed by atoms with E-state index in [4.69, 9.17) is 23.2 Å². The molecule has 1 aliphatic carbocycles. The average Bonchev–Trinajstić information content (AvgIpc) is 2.98. The van der Waals surface area contributed by atoms with Crippen LogP contribution in [-0.4, -0.2) is 23.2 Å². The molecule has 0 unspecified atom stereocenters. The normalized spacial score (nSPS) is 20.1. The van der Waals surface area contributed by atoms with Crippen LogP contribution in [0.25, 0.3) is 0 Å². The summed E-state index contributed by atoms with van der Waals surface area (Å²) in [6.45, 7) is 0. The highest BCUT2D eigenvalue weighted by atomic mass is 35.5. The second kappa shape index (κ2) is 4.78. The standard InChI is InChI=1S/C12H12Cl2N2O2/c1-15-10(17)7-2-4-8(5-3-7)16-11(18)9-6-12(9,13)14/h2-5,9H,6H2,1H3,(H,15,17)(H,16,18)/t9-/m0/s1. The van der Waals surface area contributed by atoms with Crippen LogP contribution in [0.4, 0.5) is 5.69 Å². The zero-order chi connectivity index (χ0) is 13.3. The maximum Gasteiger partial charge on any atom is 0.251 e. The molecular formula is C12H12Cl2N2O2. The lowest BCUT2D eigenvalue weighted by Crippen LogP contribution is -2.18. The molecule has 0 aromatic heterocycles. The third-order valence-corrected chi connectivity index (χ3v) is 3.62. The minimum Gasteiger partial charge on any atom is -0.355 e. The third-order valence-electron chi connectivity index (χ3n) is 2.78. The molecule has 4 nitrogen and oxygen atoms in total. The number of halogens is 2. The molecule has 0 bridgehead atoms. The molecule has 18 heavy (non-hydrogen) atoms. The zero-order valence-electron chi connectivity index (χ0n) is 9.67. The van der Waals surface area contributed by atoms with Crippen LogP contribution in [0.5, 0.6) is 0 Å². The molecule has 2 N–H and O–H groups in total. The quantitative estimate of drug-likeness (QED) is 0.837. The molecule has 1 aliphatic rings. The first-order valence-corrected chi connectivity index (χ1v) is 6.20. The van der Waals surface area contributed by atoms with Gasteiger partial charge in [-0.15, -0.1) is 23.2 Å². The molecule has 2 amide bonds. The Hall–Kier alpha value is -1.26. The van der Waals surface area contributed by atoms with Crippen LogP contribution >= 0.6 is 23.2 Å². The first-order chi connectivity index (χ1) is 8.44. The van der Waals surface area contributed by atoms with Gasteiger partial charge in [-0.2, -0.15) is 0 Å². The van der Waals surface area contributed by atoms with Crippen LogP contribution < -0.4 is 10.6 Å². The maximum absolute atomic E-state index is 11.7. The molecule has 0 radical (unpaired) electrons. The molecule has 1 aromatic carbocycles. The van der Waals surface area contributed by atoms with Crippen molar-refractivity contribution in [3.8, 4) is 0 Å². The summed E-state index contributed by atoms with van der Waals surface area (Å²) in [4.78, 5) is 23.0. The molecule has 1 saturated carbocycles. The largest absolute Gasteiger partial charge is 0.355 e. The first-order valence-electron chi connectivity index (χ1n) is 5.45. The van der Waals surface area contributed by atoms with Gasteiger partial charge < -0.3 is 10.6 Å². The fraction of sp³-hybridized carbons (Fsp3) is 0.333. The lowest BCUT2D eigenvalue weighted by molar-refractivity contribution is -0.117. The Morgan fingerprint density at radius 3 is 2.28 bits per heavy atom. The van der Waals surface area contributed by atoms with Gasteiger partial charge in [0, 0.05) is 18.3 Å². The van der Waals surface area contributed by atoms with Gasteiger partial charge in [0.05, 0.1) is 5.92 Å². The zero-order valence-corrected chi connectivity index (χ0v) is 11.2. The van der Waals surface area contributed by atoms with E-state index >= 15 is 0 Å². The SMILES string of the molecule is CNC(=O)c1ccc(NC(=O)[C@@H]2CC2(Cl)Cl)cc1. The monoisotopic (exact) mass is 286 g/mol. The fourth-order valence-electron chi connectivity index (χ4n) is 1.58. The number of rotatable bonds is 3. The summed E-state index contributed by atoms with van der Waals surface area (Å²) in [7, 11) is 1.56. The highest BCUT2D eigenvalue weighted by Crippen LogP contribution is 2.53. The third kappa shape index (κ3) is 2.76. The minimum absolute atomic E-state index is 0.171. The Morgan fingerprint density at radius 1 is 1.28 bits per heavy atom. The van der Waals surface area contributed by atoms with E-state index in [1.807, 2.05) is 0 Å². The predicted octanol–water partition coefficient (Wildman–Crippen LogP) is 2.18. The molecule has 0 heterocycles. The van der Waals surface area contributed by atoms with E-state index in [0.29, 0.717) is 17.7 Å². The summed E-state index contributed by atoms with van der Waals surface area (Å²) in [5.74, 6) is -0.734. The highest BCUT2D eigenvalue weighted by molar-refractivity contribution is 6.52. The average molecular weight is 287 g/mol. The van der Waals surface area contributed by atoms with Gasteiger partial charge >= 0.3 is 0 Å². The molecule has 6 heteroatoms. The summed E-state index contributed by atoms with van der Waals surface area (Å²) in [6, 6.07) is 6.59. The molecule has 1 aromatic rings. The molecule has 0 spiro atoms. The van der Waals surface area contributed by atoms with Crippen molar-refractivity contribution in [2.45, 2.75) is 10.8 Å². The number of hydrogen-bond donors (Lipinski definition) is 2. The summed E-state index contributed by atoms with van der Waals surface area (Å²) in [6.07, 6.45) is 0.471. The van der Waals surface area contributed by atoms with E-state index in [1.165, 1.54) is 0 Å². The van der Waals surface area contributed by atoms with Crippen molar-refractivity contribution in [3.05, 3.63) is 29.8 Å². The number of hydrogen-bond acceptors (Lipinski definition) is 2. The molecule has 0 aliphatic heterocycles. The van der Waals surface area contributed by atoms with Gasteiger partial charge in [-0.05, 0) is 30.7 Å². The van der Waals surface area contributed by atoms with Crippen LogP contribution in [0.2, 0.25) is 0 Å². The Balaban J connectivity index is 1.99. The van der Waals surface area contributed by atoms with Gasteiger partial charge in [0.15, 0.2) is 0 Å². The second-order valence-corrected chi connectivity index (χ2v) is 5.71. The van der Waals surface area contributed by atoms with Crippen molar-refractivity contribution in [2.24, 2.45) is 5.92 Å². The topological polar surface area (TPSA) is 58.2 Å². The Labute approximate surface area is 115 Å². The number of alkyl halides is 2. The van der Waals surface area contributed by atoms with Gasteiger partial charge in [-0.3, -0.25) is 9.59 Å². The number of benzene rings is 1. The lowest BCUT2D eigenvalue weighted by atomic mass is 10.2. The van der Waals surface area contributed by atoms with Crippen molar-refractivity contribution in [3.63, 3.8) is 0 Å². The number of carbonyl (C=O) groups is 2. The van der Waals surface area contributed by atoms with E-state index in [-0.39, 0.29) is 17.7 Å². The lowest BCUT2D eigenvalue weighted by Gasteiger charge is -2.06. The summed E-state index contributed by atoms with van der Waals surface area (Å²) < 4.78 is -0.924. The Bertz CT molecular complexity index is 485. The van der Waals surface area contributed by atoms with Gasteiger partial charge in [-0.1, -0.05) is 0 Å². The number of carbonyl (C=O) groups excluding carboxylic acids is 2. The fourth-order valence-corrected chi connectivity index (χ4v) is 2.08. The molecule has 2 rings (SSSR count). The summed E-state index contributed by atoms with van der Waals surface area (Å²) in [5, 5.41) is 5.22. The smallest absolute Gasteiger partial charge is 0.251 e. The van der Waals surface area contributed by atoms with Crippen LogP contribution in [0.3, 0.4) is 0 Å². The second-order valence-electron chi connectivity index (χ2n) is 4.16. The number of anilines is 1. The first kappa shape index (κ1) is 13.2. The van der Waals surface area contributed by atoms with Crippen molar-refractivity contribution in [1.29, 1.82) is 0 Å². The van der Waals surface area contributed by atoms with Crippen molar-refractivity contribution in [1.82, 2.24) is 5.32 Å². The molecule has 0 saturated heterocycles. The summed E-state index contributed by atoms with van der Waals surface area (Å²) >= 11 is 11.6. The van der Waals surface area contributed by atoms with Crippen molar-refractivity contribution in [2.75, 3.05) is 12.4 Å². The summed E-state index contributed by atoms with van der Waals surface area (Å²) in [5.41, 5.74) is 1.15. The van der Waals surface area contributed by atoms with E-state index in [0.717, 1.165) is 0 Å². The maximum atomic E-state index is 11.7. The molecular weight excluding hydrogens is 275 g/mol. The van der Waals surface area contributed by atoms with E-state index in [1.54, 1.807) is 31.3 Å². The molecule has 96 valence electrons. The number of nitrogens with one attached hydrogen (secondary N) is 2. The van der Waals surface area contributed by atoms with Crippen LogP contribution in [0.15, 0.2) is 24.3 Å². The van der Waals surface area contributed by atoms with Gasteiger partial charge in [-0.25, -0.2) is 0 Å². The molecule has 1 atom stereocenters. The number of amides is 2. The predicted molar refractivity (Wildman–Crippen MR) is 71.0 cm³/mol. The van der Waals surface area contributed by atoms with Gasteiger partial charge in [0.2, 0.25) is 5.91 Å². The van der Waals surface area contributed by atoms with Gasteiger partial charge in [0.1, 0.15) is 4.33 Å². The van der Waals surface area contributed by atoms with Crippen LogP contribution in [0.1, 0.15) is 16.8 Å². The Morgan fingerprint density at radius 2 is 1.83 bits per heavy atom. The minimum atomic E-state index is -0.924. The van der Waals surface area contributed by atoms with Crippen molar-refractivity contribution < 1.29 is 9.59 Å². The van der Waals surface area contributed by atoms with Gasteiger partial charge in [0.25, 0.3) is 5.91 Å².